The van der Waals surface area contributed by atoms with Crippen LogP contribution in [0.3, 0.4) is 0 Å². The number of hydrazine groups is 1. The molecule has 0 unspecified atom stereocenters. The van der Waals surface area contributed by atoms with Crippen molar-refractivity contribution in [3.05, 3.63) is 0 Å². The summed E-state index contributed by atoms with van der Waals surface area (Å²) in [7, 11) is 0. The van der Waals surface area contributed by atoms with Gasteiger partial charge in [0.2, 0.25) is 5.91 Å². The van der Waals surface area contributed by atoms with Crippen LogP contribution in [-0.4, -0.2) is 52.4 Å². The maximum atomic E-state index is 12.2. The van der Waals surface area contributed by atoms with E-state index in [1.165, 1.54) is 11.9 Å². The lowest BCUT2D eigenvalue weighted by atomic mass is 10.1. The van der Waals surface area contributed by atoms with Crippen molar-refractivity contribution < 1.29 is 19.5 Å². The van der Waals surface area contributed by atoms with Crippen LogP contribution in [0.15, 0.2) is 0 Å². The number of amides is 2. The summed E-state index contributed by atoms with van der Waals surface area (Å²) in [6.45, 7) is 6.98. The molecule has 1 saturated heterocycles. The Bertz CT molecular complexity index is 411. The summed E-state index contributed by atoms with van der Waals surface area (Å²) in [6, 6.07) is -1.11. The van der Waals surface area contributed by atoms with Crippen molar-refractivity contribution in [1.29, 1.82) is 0 Å². The van der Waals surface area contributed by atoms with Gasteiger partial charge in [-0.3, -0.25) is 19.4 Å². The average molecular weight is 299 g/mol. The molecular formula is C14H25N3O4. The number of Topliss-reactive ketones (excluding diaryl/α,β-unsaturated/α-hetero) is 1. The van der Waals surface area contributed by atoms with E-state index in [0.29, 0.717) is 13.0 Å². The molecule has 0 aromatic carbocycles. The number of aliphatic hydroxyl groups excluding tert-OH is 1. The molecule has 1 fully saturated rings. The van der Waals surface area contributed by atoms with Crippen molar-refractivity contribution in [2.75, 3.05) is 6.54 Å². The van der Waals surface area contributed by atoms with Gasteiger partial charge in [-0.05, 0) is 32.6 Å². The van der Waals surface area contributed by atoms with E-state index in [-0.39, 0.29) is 23.7 Å². The van der Waals surface area contributed by atoms with E-state index in [0.717, 1.165) is 6.42 Å². The average Bonchev–Trinajstić information content (AvgIpc) is 2.45. The van der Waals surface area contributed by atoms with Gasteiger partial charge in [0.1, 0.15) is 17.9 Å². The summed E-state index contributed by atoms with van der Waals surface area (Å²) >= 11 is 0. The lowest BCUT2D eigenvalue weighted by molar-refractivity contribution is -0.144. The number of carbonyl (C=O) groups excluding carboxylic acids is 3. The standard InChI is InChI=1S/C14H25N3O4/c1-8(2)12(19)13(20)15-9(3)14(21)17-7-5-6-11(16-17)10(4)18/h8-9,11-12,16,19H,5-7H2,1-4H3,(H,15,20)/t9-,11-,12-/m0/s1. The summed E-state index contributed by atoms with van der Waals surface area (Å²) in [4.78, 5) is 35.4. The van der Waals surface area contributed by atoms with E-state index in [2.05, 4.69) is 10.7 Å². The zero-order valence-corrected chi connectivity index (χ0v) is 13.0. The number of hydrogen-bond donors (Lipinski definition) is 3. The minimum absolute atomic E-state index is 0.0144. The molecule has 1 rings (SSSR count). The molecule has 21 heavy (non-hydrogen) atoms. The minimum Gasteiger partial charge on any atom is -0.383 e. The highest BCUT2D eigenvalue weighted by Crippen LogP contribution is 2.09. The monoisotopic (exact) mass is 299 g/mol. The highest BCUT2D eigenvalue weighted by atomic mass is 16.3. The molecule has 0 bridgehead atoms. The van der Waals surface area contributed by atoms with E-state index in [1.807, 2.05) is 0 Å². The van der Waals surface area contributed by atoms with Gasteiger partial charge in [0.25, 0.3) is 5.91 Å². The van der Waals surface area contributed by atoms with E-state index in [9.17, 15) is 19.5 Å². The third-order valence-corrected chi connectivity index (χ3v) is 3.57. The molecule has 1 aliphatic heterocycles. The molecule has 120 valence electrons. The first-order valence-corrected chi connectivity index (χ1v) is 7.30. The van der Waals surface area contributed by atoms with E-state index < -0.39 is 18.1 Å². The number of nitrogens with one attached hydrogen (secondary N) is 2. The fraction of sp³-hybridized carbons (Fsp3) is 0.786. The van der Waals surface area contributed by atoms with Crippen LogP contribution in [0.4, 0.5) is 0 Å². The van der Waals surface area contributed by atoms with Crippen molar-refractivity contribution in [3.8, 4) is 0 Å². The Morgan fingerprint density at radius 2 is 1.90 bits per heavy atom. The van der Waals surface area contributed by atoms with Crippen molar-refractivity contribution in [1.82, 2.24) is 15.8 Å². The van der Waals surface area contributed by atoms with E-state index in [1.54, 1.807) is 20.8 Å². The number of nitrogens with zero attached hydrogens (tertiary/aromatic N) is 1. The number of carbonyl (C=O) groups is 3. The zero-order chi connectivity index (χ0) is 16.2. The third-order valence-electron chi connectivity index (χ3n) is 3.57. The zero-order valence-electron chi connectivity index (χ0n) is 13.0. The smallest absolute Gasteiger partial charge is 0.258 e. The molecule has 0 aromatic heterocycles. The number of rotatable bonds is 5. The molecule has 0 aromatic rings. The van der Waals surface area contributed by atoms with Gasteiger partial charge in [0.15, 0.2) is 0 Å². The van der Waals surface area contributed by atoms with Crippen molar-refractivity contribution in [2.24, 2.45) is 5.92 Å². The number of hydrogen-bond acceptors (Lipinski definition) is 5. The van der Waals surface area contributed by atoms with Crippen LogP contribution >= 0.6 is 0 Å². The molecule has 0 spiro atoms. The van der Waals surface area contributed by atoms with Crippen molar-refractivity contribution in [2.45, 2.75) is 58.7 Å². The Hall–Kier alpha value is -1.47. The largest absolute Gasteiger partial charge is 0.383 e. The summed E-state index contributed by atoms with van der Waals surface area (Å²) in [6.07, 6.45) is 0.295. The topological polar surface area (TPSA) is 98.7 Å². The summed E-state index contributed by atoms with van der Waals surface area (Å²) in [5.74, 6) is -1.11. The first kappa shape index (κ1) is 17.6. The second kappa shape index (κ2) is 7.51. The molecular weight excluding hydrogens is 274 g/mol. The predicted octanol–water partition coefficient (Wildman–Crippen LogP) is -0.407. The van der Waals surface area contributed by atoms with Gasteiger partial charge in [-0.15, -0.1) is 0 Å². The molecule has 1 aliphatic rings. The predicted molar refractivity (Wildman–Crippen MR) is 77.0 cm³/mol. The Balaban J connectivity index is 2.57. The normalized spacial score (nSPS) is 21.8. The SMILES string of the molecule is CC(=O)[C@@H]1CCCN(C(=O)[C@H](C)NC(=O)[C@@H](O)C(C)C)N1. The second-order valence-electron chi connectivity index (χ2n) is 5.84. The fourth-order valence-electron chi connectivity index (χ4n) is 2.14. The summed E-state index contributed by atoms with van der Waals surface area (Å²) < 4.78 is 0. The van der Waals surface area contributed by atoms with Crippen molar-refractivity contribution >= 4 is 17.6 Å². The van der Waals surface area contributed by atoms with Gasteiger partial charge in [0.05, 0.1) is 6.04 Å². The molecule has 0 radical (unpaired) electrons. The number of aliphatic hydroxyl groups is 1. The molecule has 1 heterocycles. The molecule has 2 amide bonds. The molecule has 7 nitrogen and oxygen atoms in total. The Labute approximate surface area is 125 Å². The highest BCUT2D eigenvalue weighted by Gasteiger charge is 2.30. The Morgan fingerprint density at radius 3 is 2.43 bits per heavy atom. The fourth-order valence-corrected chi connectivity index (χ4v) is 2.14. The maximum Gasteiger partial charge on any atom is 0.258 e. The van der Waals surface area contributed by atoms with Gasteiger partial charge in [0, 0.05) is 6.54 Å². The van der Waals surface area contributed by atoms with Gasteiger partial charge in [-0.25, -0.2) is 5.43 Å². The number of ketones is 1. The van der Waals surface area contributed by atoms with Crippen LogP contribution in [-0.2, 0) is 14.4 Å². The third kappa shape index (κ3) is 4.78. The Kier molecular flexibility index (Phi) is 6.29. The quantitative estimate of drug-likeness (QED) is 0.641. The van der Waals surface area contributed by atoms with Gasteiger partial charge in [-0.2, -0.15) is 0 Å². The Morgan fingerprint density at radius 1 is 1.29 bits per heavy atom. The molecule has 0 aliphatic carbocycles. The minimum atomic E-state index is -1.14. The van der Waals surface area contributed by atoms with Crippen LogP contribution in [0, 0.1) is 5.92 Å². The summed E-state index contributed by atoms with van der Waals surface area (Å²) in [5.41, 5.74) is 2.88. The first-order valence-electron chi connectivity index (χ1n) is 7.30. The molecule has 3 atom stereocenters. The van der Waals surface area contributed by atoms with Crippen LogP contribution in [0.2, 0.25) is 0 Å². The lowest BCUT2D eigenvalue weighted by Gasteiger charge is -2.34. The molecule has 3 N–H and O–H groups in total. The van der Waals surface area contributed by atoms with E-state index >= 15 is 0 Å². The summed E-state index contributed by atoms with van der Waals surface area (Å²) in [5, 5.41) is 13.5. The van der Waals surface area contributed by atoms with Gasteiger partial charge < -0.3 is 10.4 Å². The highest BCUT2D eigenvalue weighted by molar-refractivity contribution is 5.89. The maximum absolute atomic E-state index is 12.2. The van der Waals surface area contributed by atoms with E-state index in [4.69, 9.17) is 0 Å². The molecule has 7 heteroatoms. The first-order chi connectivity index (χ1) is 9.73. The van der Waals surface area contributed by atoms with Crippen LogP contribution in [0.1, 0.15) is 40.5 Å². The van der Waals surface area contributed by atoms with Gasteiger partial charge >= 0.3 is 0 Å². The lowest BCUT2D eigenvalue weighted by Crippen LogP contribution is -2.59. The molecule has 0 saturated carbocycles. The van der Waals surface area contributed by atoms with Crippen LogP contribution < -0.4 is 10.7 Å². The second-order valence-corrected chi connectivity index (χ2v) is 5.84. The van der Waals surface area contributed by atoms with Crippen LogP contribution in [0.25, 0.3) is 0 Å². The van der Waals surface area contributed by atoms with Crippen molar-refractivity contribution in [3.63, 3.8) is 0 Å². The van der Waals surface area contributed by atoms with Gasteiger partial charge in [-0.1, -0.05) is 13.8 Å². The van der Waals surface area contributed by atoms with Crippen LogP contribution in [0.5, 0.6) is 0 Å².